The van der Waals surface area contributed by atoms with Crippen LogP contribution in [0, 0.1) is 6.92 Å². The number of carbonyl (C=O) groups is 1. The first-order chi connectivity index (χ1) is 8.16. The van der Waals surface area contributed by atoms with Gasteiger partial charge in [0.1, 0.15) is 0 Å². The fourth-order valence-electron chi connectivity index (χ4n) is 1.67. The molecule has 0 spiro atoms. The molecule has 0 bridgehead atoms. The summed E-state index contributed by atoms with van der Waals surface area (Å²) in [5.74, 6) is 0.279. The van der Waals surface area contributed by atoms with Crippen molar-refractivity contribution in [3.05, 3.63) is 29.3 Å². The van der Waals surface area contributed by atoms with Gasteiger partial charge in [-0.2, -0.15) is 11.8 Å². The minimum absolute atomic E-state index is 0.356. The summed E-state index contributed by atoms with van der Waals surface area (Å²) in [6.07, 6.45) is 4.31. The highest BCUT2D eigenvalue weighted by atomic mass is 32.2. The van der Waals surface area contributed by atoms with E-state index in [4.69, 9.17) is 5.11 Å². The number of hydrogen-bond acceptors (Lipinski definition) is 3. The Morgan fingerprint density at radius 1 is 1.41 bits per heavy atom. The van der Waals surface area contributed by atoms with Gasteiger partial charge in [-0.05, 0) is 43.4 Å². The Hall–Kier alpha value is -1.16. The zero-order chi connectivity index (χ0) is 12.7. The van der Waals surface area contributed by atoms with Crippen LogP contribution in [0.25, 0.3) is 0 Å². The second kappa shape index (κ2) is 7.22. The molecule has 17 heavy (non-hydrogen) atoms. The maximum Gasteiger partial charge on any atom is 0.337 e. The molecule has 1 rings (SSSR count). The number of carboxylic acids is 1. The number of anilines is 1. The van der Waals surface area contributed by atoms with E-state index < -0.39 is 5.97 Å². The van der Waals surface area contributed by atoms with Gasteiger partial charge in [0.05, 0.1) is 11.3 Å². The molecule has 0 fully saturated rings. The van der Waals surface area contributed by atoms with Gasteiger partial charge in [-0.1, -0.05) is 12.1 Å². The van der Waals surface area contributed by atoms with Gasteiger partial charge in [-0.15, -0.1) is 0 Å². The molecule has 0 radical (unpaired) electrons. The highest BCUT2D eigenvalue weighted by Gasteiger charge is 2.10. The maximum absolute atomic E-state index is 11.1. The van der Waals surface area contributed by atoms with E-state index in [0.717, 1.165) is 36.4 Å². The van der Waals surface area contributed by atoms with Crippen molar-refractivity contribution in [1.29, 1.82) is 0 Å². The van der Waals surface area contributed by atoms with E-state index in [2.05, 4.69) is 11.6 Å². The second-order valence-electron chi connectivity index (χ2n) is 3.93. The highest BCUT2D eigenvalue weighted by molar-refractivity contribution is 7.98. The van der Waals surface area contributed by atoms with Crippen LogP contribution in [0.15, 0.2) is 18.2 Å². The number of aromatic carboxylic acids is 1. The van der Waals surface area contributed by atoms with Crippen molar-refractivity contribution in [2.45, 2.75) is 19.8 Å². The molecule has 4 heteroatoms. The van der Waals surface area contributed by atoms with Crippen molar-refractivity contribution < 1.29 is 9.90 Å². The molecule has 2 N–H and O–H groups in total. The highest BCUT2D eigenvalue weighted by Crippen LogP contribution is 2.20. The molecule has 0 aromatic heterocycles. The normalized spacial score (nSPS) is 10.2. The third kappa shape index (κ3) is 4.30. The SMILES string of the molecule is CSCCCCNc1c(C)cccc1C(=O)O. The van der Waals surface area contributed by atoms with Crippen LogP contribution in [-0.4, -0.2) is 29.6 Å². The van der Waals surface area contributed by atoms with E-state index >= 15 is 0 Å². The van der Waals surface area contributed by atoms with Crippen LogP contribution >= 0.6 is 11.8 Å². The summed E-state index contributed by atoms with van der Waals surface area (Å²) < 4.78 is 0. The van der Waals surface area contributed by atoms with Gasteiger partial charge >= 0.3 is 5.97 Å². The zero-order valence-electron chi connectivity index (χ0n) is 10.3. The molecule has 0 atom stereocenters. The van der Waals surface area contributed by atoms with Gasteiger partial charge in [0.25, 0.3) is 0 Å². The van der Waals surface area contributed by atoms with E-state index in [1.54, 1.807) is 12.1 Å². The first-order valence-corrected chi connectivity index (χ1v) is 7.12. The maximum atomic E-state index is 11.1. The topological polar surface area (TPSA) is 49.3 Å². The monoisotopic (exact) mass is 253 g/mol. The van der Waals surface area contributed by atoms with Crippen LogP contribution in [0.1, 0.15) is 28.8 Å². The molecule has 1 aromatic carbocycles. The quantitative estimate of drug-likeness (QED) is 0.732. The van der Waals surface area contributed by atoms with E-state index in [1.807, 2.05) is 24.8 Å². The largest absolute Gasteiger partial charge is 0.478 e. The van der Waals surface area contributed by atoms with Gasteiger partial charge < -0.3 is 10.4 Å². The Kier molecular flexibility index (Phi) is 5.91. The molecule has 1 aromatic rings. The number of para-hydroxylation sites is 1. The Morgan fingerprint density at radius 2 is 2.18 bits per heavy atom. The molecule has 0 aliphatic heterocycles. The zero-order valence-corrected chi connectivity index (χ0v) is 11.1. The molecule has 94 valence electrons. The minimum atomic E-state index is -0.875. The van der Waals surface area contributed by atoms with E-state index in [9.17, 15) is 4.79 Å². The third-order valence-electron chi connectivity index (χ3n) is 2.58. The van der Waals surface area contributed by atoms with Crippen LogP contribution in [-0.2, 0) is 0 Å². The lowest BCUT2D eigenvalue weighted by atomic mass is 10.1. The van der Waals surface area contributed by atoms with Crippen LogP contribution in [0.5, 0.6) is 0 Å². The Labute approximate surface area is 107 Å². The van der Waals surface area contributed by atoms with Crippen molar-refractivity contribution in [3.8, 4) is 0 Å². The molecule has 0 heterocycles. The second-order valence-corrected chi connectivity index (χ2v) is 4.91. The van der Waals surface area contributed by atoms with Crippen molar-refractivity contribution in [2.75, 3.05) is 23.9 Å². The number of carboxylic acid groups (broad SMARTS) is 1. The summed E-state index contributed by atoms with van der Waals surface area (Å²) in [4.78, 5) is 11.1. The summed E-state index contributed by atoms with van der Waals surface area (Å²) in [5, 5.41) is 12.3. The summed E-state index contributed by atoms with van der Waals surface area (Å²) in [7, 11) is 0. The van der Waals surface area contributed by atoms with Crippen LogP contribution in [0.2, 0.25) is 0 Å². The van der Waals surface area contributed by atoms with E-state index in [-0.39, 0.29) is 0 Å². The fourth-order valence-corrected chi connectivity index (χ4v) is 2.16. The number of aryl methyl sites for hydroxylation is 1. The summed E-state index contributed by atoms with van der Waals surface area (Å²) in [6, 6.07) is 5.34. The van der Waals surface area contributed by atoms with Crippen LogP contribution in [0.3, 0.4) is 0 Å². The standard InChI is InChI=1S/C13H19NO2S/c1-10-6-5-7-11(13(15)16)12(10)14-8-3-4-9-17-2/h5-7,14H,3-4,8-9H2,1-2H3,(H,15,16). The average molecular weight is 253 g/mol. The third-order valence-corrected chi connectivity index (χ3v) is 3.28. The lowest BCUT2D eigenvalue weighted by molar-refractivity contribution is 0.0698. The Morgan fingerprint density at radius 3 is 2.82 bits per heavy atom. The molecular formula is C13H19NO2S. The van der Waals surface area contributed by atoms with E-state index in [1.165, 1.54) is 0 Å². The minimum Gasteiger partial charge on any atom is -0.478 e. The van der Waals surface area contributed by atoms with E-state index in [0.29, 0.717) is 5.56 Å². The lowest BCUT2D eigenvalue weighted by Gasteiger charge is -2.12. The van der Waals surface area contributed by atoms with Crippen molar-refractivity contribution >= 4 is 23.4 Å². The smallest absolute Gasteiger partial charge is 0.337 e. The predicted molar refractivity (Wildman–Crippen MR) is 74.2 cm³/mol. The number of hydrogen-bond donors (Lipinski definition) is 2. The number of rotatable bonds is 7. The molecule has 0 aliphatic rings. The Balaban J connectivity index is 2.60. The number of thioether (sulfide) groups is 1. The van der Waals surface area contributed by atoms with Gasteiger partial charge in [0.2, 0.25) is 0 Å². The molecule has 0 amide bonds. The Bertz CT molecular complexity index is 380. The van der Waals surface area contributed by atoms with Gasteiger partial charge in [0.15, 0.2) is 0 Å². The molecule has 0 saturated heterocycles. The average Bonchev–Trinajstić information content (AvgIpc) is 2.30. The molecule has 0 aliphatic carbocycles. The molecule has 0 saturated carbocycles. The molecule has 0 unspecified atom stereocenters. The van der Waals surface area contributed by atoms with Gasteiger partial charge in [-0.3, -0.25) is 0 Å². The number of unbranched alkanes of at least 4 members (excludes halogenated alkanes) is 1. The summed E-state index contributed by atoms with van der Waals surface area (Å²) >= 11 is 1.84. The summed E-state index contributed by atoms with van der Waals surface area (Å²) in [6.45, 7) is 2.75. The fraction of sp³-hybridized carbons (Fsp3) is 0.462. The van der Waals surface area contributed by atoms with Gasteiger partial charge in [0, 0.05) is 6.54 Å². The lowest BCUT2D eigenvalue weighted by Crippen LogP contribution is -2.09. The number of nitrogens with one attached hydrogen (secondary N) is 1. The first kappa shape index (κ1) is 13.9. The van der Waals surface area contributed by atoms with Gasteiger partial charge in [-0.25, -0.2) is 4.79 Å². The molecule has 3 nitrogen and oxygen atoms in total. The molecular weight excluding hydrogens is 234 g/mol. The predicted octanol–water partition coefficient (Wildman–Crippen LogP) is 3.25. The van der Waals surface area contributed by atoms with Crippen molar-refractivity contribution in [2.24, 2.45) is 0 Å². The number of benzene rings is 1. The van der Waals surface area contributed by atoms with Crippen LogP contribution < -0.4 is 5.32 Å². The summed E-state index contributed by atoms with van der Waals surface area (Å²) in [5.41, 5.74) is 2.09. The van der Waals surface area contributed by atoms with Crippen LogP contribution in [0.4, 0.5) is 5.69 Å². The van der Waals surface area contributed by atoms with Crippen molar-refractivity contribution in [1.82, 2.24) is 0 Å². The van der Waals surface area contributed by atoms with Crippen molar-refractivity contribution in [3.63, 3.8) is 0 Å². The first-order valence-electron chi connectivity index (χ1n) is 5.72.